The van der Waals surface area contributed by atoms with Crippen molar-refractivity contribution in [2.45, 2.75) is 51.6 Å². The van der Waals surface area contributed by atoms with E-state index in [2.05, 4.69) is 72.5 Å². The number of hydrogen-bond donors (Lipinski definition) is 1. The second kappa shape index (κ2) is 11.3. The number of allylic oxidation sites excluding steroid dienone is 1. The van der Waals surface area contributed by atoms with Crippen molar-refractivity contribution in [3.8, 4) is 5.75 Å². The Balaban J connectivity index is 1.47. The van der Waals surface area contributed by atoms with Gasteiger partial charge in [-0.05, 0) is 102 Å². The molecule has 1 atom stereocenters. The van der Waals surface area contributed by atoms with Crippen LogP contribution in [0.25, 0.3) is 11.1 Å². The minimum absolute atomic E-state index is 0.170. The molecule has 1 fully saturated rings. The Labute approximate surface area is 214 Å². The van der Waals surface area contributed by atoms with Crippen LogP contribution in [0.15, 0.2) is 66.7 Å². The molecule has 3 nitrogen and oxygen atoms in total. The Kier molecular flexibility index (Phi) is 7.72. The van der Waals surface area contributed by atoms with E-state index in [-0.39, 0.29) is 12.8 Å². The van der Waals surface area contributed by atoms with Gasteiger partial charge in [0.2, 0.25) is 0 Å². The van der Waals surface area contributed by atoms with Crippen molar-refractivity contribution in [1.82, 2.24) is 4.90 Å². The van der Waals surface area contributed by atoms with E-state index in [0.717, 1.165) is 63.2 Å². The summed E-state index contributed by atoms with van der Waals surface area (Å²) in [6, 6.07) is 24.0. The first kappa shape index (κ1) is 24.6. The maximum absolute atomic E-state index is 12.5. The Morgan fingerprint density at radius 2 is 1.86 bits per heavy atom. The average Bonchev–Trinajstić information content (AvgIpc) is 3.26. The molecule has 3 aromatic rings. The van der Waals surface area contributed by atoms with Gasteiger partial charge in [0, 0.05) is 25.3 Å². The van der Waals surface area contributed by atoms with E-state index in [1.807, 2.05) is 6.07 Å². The third-order valence-corrected chi connectivity index (χ3v) is 7.54. The van der Waals surface area contributed by atoms with E-state index >= 15 is 0 Å². The number of nitrogen functional groups attached to an aromatic ring is 1. The zero-order chi connectivity index (χ0) is 24.9. The number of ether oxygens (including phenoxy) is 1. The van der Waals surface area contributed by atoms with Crippen LogP contribution >= 0.6 is 0 Å². The van der Waals surface area contributed by atoms with E-state index < -0.39 is 0 Å². The van der Waals surface area contributed by atoms with Gasteiger partial charge in [-0.25, -0.2) is 0 Å². The van der Waals surface area contributed by atoms with Gasteiger partial charge in [-0.1, -0.05) is 49.4 Å². The van der Waals surface area contributed by atoms with E-state index in [0.29, 0.717) is 6.42 Å². The highest BCUT2D eigenvalue weighted by molar-refractivity contribution is 6.00. The van der Waals surface area contributed by atoms with Crippen molar-refractivity contribution in [2.75, 3.05) is 32.0 Å². The normalized spacial score (nSPS) is 18.2. The molecule has 4 heteroatoms. The zero-order valence-corrected chi connectivity index (χ0v) is 21.3. The third kappa shape index (κ3) is 5.49. The number of fused-ring (bicyclic) bond motifs is 1. The number of halogens is 1. The number of likely N-dealkylation sites (tertiary alicyclic amines) is 1. The number of hydrogen-bond acceptors (Lipinski definition) is 3. The van der Waals surface area contributed by atoms with E-state index in [9.17, 15) is 4.39 Å². The zero-order valence-electron chi connectivity index (χ0n) is 21.3. The SMILES string of the molecule is CCc1cccc(C2=C(c3ccc(OC4CCN(CCCF)C4)cc3)c3ccc(N)cc3CCC2)c1. The molecular formula is C32H37FN2O. The predicted octanol–water partition coefficient (Wildman–Crippen LogP) is 6.94. The third-order valence-electron chi connectivity index (χ3n) is 7.54. The molecule has 0 amide bonds. The van der Waals surface area contributed by atoms with Crippen LogP contribution in [0.4, 0.5) is 10.1 Å². The first-order valence-electron chi connectivity index (χ1n) is 13.4. The van der Waals surface area contributed by atoms with Gasteiger partial charge in [0.15, 0.2) is 0 Å². The van der Waals surface area contributed by atoms with Gasteiger partial charge in [0.05, 0.1) is 6.67 Å². The molecule has 1 aliphatic heterocycles. The molecule has 0 aromatic heterocycles. The van der Waals surface area contributed by atoms with E-state index in [1.165, 1.54) is 39.0 Å². The number of nitrogens with zero attached hydrogens (tertiary/aromatic N) is 1. The lowest BCUT2D eigenvalue weighted by Crippen LogP contribution is -2.26. The predicted molar refractivity (Wildman–Crippen MR) is 148 cm³/mol. The molecule has 0 bridgehead atoms. The Morgan fingerprint density at radius 1 is 1.00 bits per heavy atom. The highest BCUT2D eigenvalue weighted by atomic mass is 19.1. The number of anilines is 1. The molecular weight excluding hydrogens is 447 g/mol. The topological polar surface area (TPSA) is 38.5 Å². The van der Waals surface area contributed by atoms with Crippen LogP contribution < -0.4 is 10.5 Å². The summed E-state index contributed by atoms with van der Waals surface area (Å²) in [4.78, 5) is 2.30. The fraction of sp³-hybridized carbons (Fsp3) is 0.375. The Morgan fingerprint density at radius 3 is 2.67 bits per heavy atom. The van der Waals surface area contributed by atoms with Gasteiger partial charge in [-0.15, -0.1) is 0 Å². The second-order valence-corrected chi connectivity index (χ2v) is 10.1. The minimum atomic E-state index is -0.250. The number of alkyl halides is 1. The fourth-order valence-electron chi connectivity index (χ4n) is 5.68. The van der Waals surface area contributed by atoms with Crippen molar-refractivity contribution in [3.63, 3.8) is 0 Å². The van der Waals surface area contributed by atoms with Gasteiger partial charge >= 0.3 is 0 Å². The summed E-state index contributed by atoms with van der Waals surface area (Å²) < 4.78 is 18.8. The number of aryl methyl sites for hydroxylation is 2. The van der Waals surface area contributed by atoms with Crippen LogP contribution in [-0.4, -0.2) is 37.3 Å². The summed E-state index contributed by atoms with van der Waals surface area (Å²) >= 11 is 0. The average molecular weight is 485 g/mol. The van der Waals surface area contributed by atoms with Crippen molar-refractivity contribution in [2.24, 2.45) is 0 Å². The Hall–Kier alpha value is -3.11. The molecule has 2 N–H and O–H groups in total. The van der Waals surface area contributed by atoms with Crippen molar-refractivity contribution in [1.29, 1.82) is 0 Å². The smallest absolute Gasteiger partial charge is 0.119 e. The van der Waals surface area contributed by atoms with Crippen molar-refractivity contribution < 1.29 is 9.13 Å². The molecule has 1 saturated heterocycles. The lowest BCUT2D eigenvalue weighted by atomic mass is 9.87. The molecule has 5 rings (SSSR count). The van der Waals surface area contributed by atoms with Crippen LogP contribution in [0.3, 0.4) is 0 Å². The highest BCUT2D eigenvalue weighted by Crippen LogP contribution is 2.41. The molecule has 0 radical (unpaired) electrons. The summed E-state index contributed by atoms with van der Waals surface area (Å²) in [6.45, 7) is 4.63. The number of nitrogens with two attached hydrogens (primary N) is 1. The van der Waals surface area contributed by atoms with Crippen LogP contribution in [0.2, 0.25) is 0 Å². The second-order valence-electron chi connectivity index (χ2n) is 10.1. The quantitative estimate of drug-likeness (QED) is 0.352. The maximum atomic E-state index is 12.5. The lowest BCUT2D eigenvalue weighted by Gasteiger charge is -2.19. The highest BCUT2D eigenvalue weighted by Gasteiger charge is 2.24. The van der Waals surface area contributed by atoms with Gasteiger partial charge in [0.1, 0.15) is 11.9 Å². The summed E-state index contributed by atoms with van der Waals surface area (Å²) in [6.07, 6.45) is 5.96. The first-order chi connectivity index (χ1) is 17.6. The molecule has 2 aliphatic rings. The van der Waals surface area contributed by atoms with Crippen LogP contribution in [-0.2, 0) is 12.8 Å². The monoisotopic (exact) mass is 484 g/mol. The summed E-state index contributed by atoms with van der Waals surface area (Å²) in [5, 5.41) is 0. The molecule has 1 heterocycles. The summed E-state index contributed by atoms with van der Waals surface area (Å²) in [5.41, 5.74) is 16.2. The molecule has 0 saturated carbocycles. The molecule has 0 spiro atoms. The molecule has 1 unspecified atom stereocenters. The number of rotatable bonds is 8. The van der Waals surface area contributed by atoms with E-state index in [4.69, 9.17) is 10.5 Å². The van der Waals surface area contributed by atoms with Crippen LogP contribution in [0, 0.1) is 0 Å². The van der Waals surface area contributed by atoms with E-state index in [1.54, 1.807) is 0 Å². The first-order valence-corrected chi connectivity index (χ1v) is 13.4. The molecule has 188 valence electrons. The van der Waals surface area contributed by atoms with Gasteiger partial charge in [-0.2, -0.15) is 0 Å². The molecule has 1 aliphatic carbocycles. The fourth-order valence-corrected chi connectivity index (χ4v) is 5.68. The molecule has 36 heavy (non-hydrogen) atoms. The summed E-state index contributed by atoms with van der Waals surface area (Å²) in [7, 11) is 0. The van der Waals surface area contributed by atoms with Crippen molar-refractivity contribution in [3.05, 3.63) is 94.5 Å². The Bertz CT molecular complexity index is 1220. The van der Waals surface area contributed by atoms with Gasteiger partial charge in [-0.3, -0.25) is 9.29 Å². The minimum Gasteiger partial charge on any atom is -0.489 e. The van der Waals surface area contributed by atoms with Gasteiger partial charge in [0.25, 0.3) is 0 Å². The van der Waals surface area contributed by atoms with Gasteiger partial charge < -0.3 is 10.5 Å². The lowest BCUT2D eigenvalue weighted by molar-refractivity contribution is 0.198. The van der Waals surface area contributed by atoms with Crippen molar-refractivity contribution >= 4 is 16.8 Å². The van der Waals surface area contributed by atoms with Crippen LogP contribution in [0.1, 0.15) is 60.4 Å². The standard InChI is InChI=1S/C32H37FN2O/c1-2-23-6-3-7-25(20-23)30-9-4-8-26-21-27(34)12-15-31(26)32(30)24-10-13-28(14-11-24)36-29-16-19-35(22-29)18-5-17-33/h3,6-7,10-15,20-21,29H,2,4-5,8-9,16-19,22,34H2,1H3. The maximum Gasteiger partial charge on any atom is 0.119 e. The largest absolute Gasteiger partial charge is 0.489 e. The molecule has 3 aromatic carbocycles. The summed E-state index contributed by atoms with van der Waals surface area (Å²) in [5.74, 6) is 0.900. The van der Waals surface area contributed by atoms with Crippen LogP contribution in [0.5, 0.6) is 5.75 Å². The number of benzene rings is 3.